The predicted octanol–water partition coefficient (Wildman–Crippen LogP) is 2.99. The summed E-state index contributed by atoms with van der Waals surface area (Å²) in [6, 6.07) is 17.4. The fraction of sp³-hybridized carbons (Fsp3) is 0.167. The summed E-state index contributed by atoms with van der Waals surface area (Å²) in [7, 11) is 1.37. The van der Waals surface area contributed by atoms with E-state index in [1.165, 1.54) is 12.7 Å². The number of hydrogen-bond acceptors (Lipinski definition) is 6. The summed E-state index contributed by atoms with van der Waals surface area (Å²) in [5.41, 5.74) is 8.69. The highest BCUT2D eigenvalue weighted by Crippen LogP contribution is 2.23. The Balaban J connectivity index is 1.72. The number of nitrogen functional groups attached to an aromatic ring is 1. The number of ether oxygens (including phenoxy) is 1. The SMILES string of the molecule is COC(=O)c1ccc(Cn2c(N)nnc2SCc2ccccc2)cc1. The van der Waals surface area contributed by atoms with Crippen LogP contribution in [0.15, 0.2) is 59.8 Å². The molecule has 0 unspecified atom stereocenters. The number of nitrogens with two attached hydrogens (primary N) is 1. The number of nitrogens with zero attached hydrogens (tertiary/aromatic N) is 3. The Hall–Kier alpha value is -2.80. The molecule has 0 fully saturated rings. The second kappa shape index (κ2) is 7.85. The van der Waals surface area contributed by atoms with Gasteiger partial charge in [0.15, 0.2) is 5.16 Å². The maximum absolute atomic E-state index is 11.5. The Morgan fingerprint density at radius 1 is 1.08 bits per heavy atom. The summed E-state index contributed by atoms with van der Waals surface area (Å²) < 4.78 is 6.57. The minimum absolute atomic E-state index is 0.352. The normalized spacial score (nSPS) is 10.6. The molecule has 3 aromatic rings. The Bertz CT molecular complexity index is 847. The lowest BCUT2D eigenvalue weighted by Gasteiger charge is -2.09. The quantitative estimate of drug-likeness (QED) is 0.541. The average Bonchev–Trinajstić information content (AvgIpc) is 3.00. The van der Waals surface area contributed by atoms with Crippen LogP contribution in [0.4, 0.5) is 5.95 Å². The van der Waals surface area contributed by atoms with Crippen LogP contribution in [0.25, 0.3) is 0 Å². The zero-order valence-corrected chi connectivity index (χ0v) is 14.6. The minimum atomic E-state index is -0.352. The van der Waals surface area contributed by atoms with E-state index < -0.39 is 0 Å². The van der Waals surface area contributed by atoms with Gasteiger partial charge in [0.25, 0.3) is 0 Å². The largest absolute Gasteiger partial charge is 0.465 e. The van der Waals surface area contributed by atoms with Crippen LogP contribution >= 0.6 is 11.8 Å². The Morgan fingerprint density at radius 3 is 2.48 bits per heavy atom. The monoisotopic (exact) mass is 354 g/mol. The number of esters is 1. The van der Waals surface area contributed by atoms with Gasteiger partial charge in [-0.3, -0.25) is 4.57 Å². The second-order valence-electron chi connectivity index (χ2n) is 5.39. The van der Waals surface area contributed by atoms with E-state index in [1.807, 2.05) is 34.9 Å². The summed E-state index contributed by atoms with van der Waals surface area (Å²) >= 11 is 1.59. The smallest absolute Gasteiger partial charge is 0.337 e. The van der Waals surface area contributed by atoms with Gasteiger partial charge in [0.2, 0.25) is 5.95 Å². The molecule has 0 amide bonds. The summed E-state index contributed by atoms with van der Waals surface area (Å²) in [4.78, 5) is 11.5. The van der Waals surface area contributed by atoms with Gasteiger partial charge in [0.1, 0.15) is 0 Å². The lowest BCUT2D eigenvalue weighted by Crippen LogP contribution is -2.07. The van der Waals surface area contributed by atoms with Crippen molar-refractivity contribution in [3.05, 3.63) is 71.3 Å². The van der Waals surface area contributed by atoms with Crippen molar-refractivity contribution < 1.29 is 9.53 Å². The number of aromatic nitrogens is 3. The number of thioether (sulfide) groups is 1. The molecule has 7 heteroatoms. The molecule has 0 radical (unpaired) electrons. The third-order valence-electron chi connectivity index (χ3n) is 3.67. The van der Waals surface area contributed by atoms with E-state index in [0.717, 1.165) is 16.5 Å². The summed E-state index contributed by atoms with van der Waals surface area (Å²) in [5.74, 6) is 0.808. The van der Waals surface area contributed by atoms with Crippen molar-refractivity contribution in [1.29, 1.82) is 0 Å². The zero-order valence-electron chi connectivity index (χ0n) is 13.8. The second-order valence-corrected chi connectivity index (χ2v) is 6.33. The fourth-order valence-corrected chi connectivity index (χ4v) is 3.22. The van der Waals surface area contributed by atoms with Crippen LogP contribution in [0.5, 0.6) is 0 Å². The average molecular weight is 354 g/mol. The van der Waals surface area contributed by atoms with Crippen LogP contribution in [0.1, 0.15) is 21.5 Å². The molecule has 6 nitrogen and oxygen atoms in total. The molecular formula is C18H18N4O2S. The molecule has 0 saturated heterocycles. The van der Waals surface area contributed by atoms with Crippen LogP contribution in [-0.2, 0) is 17.0 Å². The van der Waals surface area contributed by atoms with Crippen LogP contribution < -0.4 is 5.73 Å². The molecule has 25 heavy (non-hydrogen) atoms. The number of carbonyl (C=O) groups excluding carboxylic acids is 1. The first-order chi connectivity index (χ1) is 12.2. The van der Waals surface area contributed by atoms with Gasteiger partial charge in [-0.2, -0.15) is 0 Å². The molecule has 0 aliphatic carbocycles. The number of methoxy groups -OCH3 is 1. The first-order valence-corrected chi connectivity index (χ1v) is 8.68. The van der Waals surface area contributed by atoms with E-state index >= 15 is 0 Å². The molecule has 0 aliphatic rings. The first kappa shape index (κ1) is 17.0. The van der Waals surface area contributed by atoms with Crippen molar-refractivity contribution in [2.24, 2.45) is 0 Å². The van der Waals surface area contributed by atoms with Crippen molar-refractivity contribution in [2.45, 2.75) is 17.5 Å². The molecule has 1 aromatic heterocycles. The van der Waals surface area contributed by atoms with E-state index in [4.69, 9.17) is 10.5 Å². The van der Waals surface area contributed by atoms with Crippen LogP contribution in [-0.4, -0.2) is 27.8 Å². The van der Waals surface area contributed by atoms with Crippen LogP contribution in [0, 0.1) is 0 Å². The first-order valence-electron chi connectivity index (χ1n) is 7.70. The molecule has 128 valence electrons. The van der Waals surface area contributed by atoms with Crippen LogP contribution in [0.3, 0.4) is 0 Å². The van der Waals surface area contributed by atoms with Crippen molar-refractivity contribution >= 4 is 23.7 Å². The van der Waals surface area contributed by atoms with E-state index in [-0.39, 0.29) is 5.97 Å². The van der Waals surface area contributed by atoms with E-state index in [1.54, 1.807) is 23.9 Å². The number of benzene rings is 2. The molecule has 0 atom stereocenters. The van der Waals surface area contributed by atoms with E-state index in [0.29, 0.717) is 18.1 Å². The topological polar surface area (TPSA) is 83.0 Å². The summed E-state index contributed by atoms with van der Waals surface area (Å²) in [6.07, 6.45) is 0. The Kier molecular flexibility index (Phi) is 5.35. The molecule has 0 aliphatic heterocycles. The molecule has 2 N–H and O–H groups in total. The Morgan fingerprint density at radius 2 is 1.80 bits per heavy atom. The van der Waals surface area contributed by atoms with Gasteiger partial charge in [0, 0.05) is 5.75 Å². The third kappa shape index (κ3) is 4.19. The van der Waals surface area contributed by atoms with Crippen LogP contribution in [0.2, 0.25) is 0 Å². The molecular weight excluding hydrogens is 336 g/mol. The highest BCUT2D eigenvalue weighted by atomic mass is 32.2. The maximum Gasteiger partial charge on any atom is 0.337 e. The fourth-order valence-electron chi connectivity index (χ4n) is 2.32. The van der Waals surface area contributed by atoms with E-state index in [2.05, 4.69) is 22.3 Å². The molecule has 1 heterocycles. The molecule has 0 saturated carbocycles. The van der Waals surface area contributed by atoms with Gasteiger partial charge in [0.05, 0.1) is 19.2 Å². The molecule has 3 rings (SSSR count). The van der Waals surface area contributed by atoms with Crippen molar-refractivity contribution in [1.82, 2.24) is 14.8 Å². The van der Waals surface area contributed by atoms with E-state index in [9.17, 15) is 4.79 Å². The highest BCUT2D eigenvalue weighted by molar-refractivity contribution is 7.98. The number of rotatable bonds is 6. The van der Waals surface area contributed by atoms with Gasteiger partial charge >= 0.3 is 5.97 Å². The lowest BCUT2D eigenvalue weighted by atomic mass is 10.1. The molecule has 0 bridgehead atoms. The van der Waals surface area contributed by atoms with Gasteiger partial charge < -0.3 is 10.5 Å². The highest BCUT2D eigenvalue weighted by Gasteiger charge is 2.12. The minimum Gasteiger partial charge on any atom is -0.465 e. The van der Waals surface area contributed by atoms with Gasteiger partial charge in [-0.05, 0) is 23.3 Å². The predicted molar refractivity (Wildman–Crippen MR) is 97.3 cm³/mol. The standard InChI is InChI=1S/C18H18N4O2S/c1-24-16(23)15-9-7-13(8-10-15)11-22-17(19)20-21-18(22)25-12-14-5-3-2-4-6-14/h2-10H,11-12H2,1H3,(H2,19,20). The maximum atomic E-state index is 11.5. The molecule has 0 spiro atoms. The lowest BCUT2D eigenvalue weighted by molar-refractivity contribution is 0.0600. The molecule has 2 aromatic carbocycles. The summed E-state index contributed by atoms with van der Waals surface area (Å²) in [6.45, 7) is 0.539. The number of anilines is 1. The summed E-state index contributed by atoms with van der Waals surface area (Å²) in [5, 5.41) is 8.91. The Labute approximate surface area is 150 Å². The van der Waals surface area contributed by atoms with Crippen molar-refractivity contribution in [2.75, 3.05) is 12.8 Å². The van der Waals surface area contributed by atoms with Crippen molar-refractivity contribution in [3.63, 3.8) is 0 Å². The zero-order chi connectivity index (χ0) is 17.6. The number of carbonyl (C=O) groups is 1. The van der Waals surface area contributed by atoms with Crippen molar-refractivity contribution in [3.8, 4) is 0 Å². The van der Waals surface area contributed by atoms with Gasteiger partial charge in [-0.15, -0.1) is 10.2 Å². The van der Waals surface area contributed by atoms with Gasteiger partial charge in [-0.25, -0.2) is 4.79 Å². The van der Waals surface area contributed by atoms with Gasteiger partial charge in [-0.1, -0.05) is 54.2 Å². The third-order valence-corrected chi connectivity index (χ3v) is 4.71. The number of hydrogen-bond donors (Lipinski definition) is 1.